The van der Waals surface area contributed by atoms with E-state index < -0.39 is 22.0 Å². The maximum Gasteiger partial charge on any atom is 0.240 e. The van der Waals surface area contributed by atoms with E-state index in [9.17, 15) is 13.2 Å². The Morgan fingerprint density at radius 1 is 1.00 bits per heavy atom. The molecule has 6 nitrogen and oxygen atoms in total. The molecule has 1 aliphatic rings. The van der Waals surface area contributed by atoms with Gasteiger partial charge in [-0.1, -0.05) is 42.5 Å². The predicted molar refractivity (Wildman–Crippen MR) is 106 cm³/mol. The van der Waals surface area contributed by atoms with Gasteiger partial charge in [-0.25, -0.2) is 13.1 Å². The minimum Gasteiger partial charge on any atom is -0.370 e. The van der Waals surface area contributed by atoms with Crippen LogP contribution < -0.4 is 10.5 Å². The first-order chi connectivity index (χ1) is 12.9. The molecule has 0 saturated carbocycles. The van der Waals surface area contributed by atoms with E-state index in [1.165, 1.54) is 0 Å². The fraction of sp³-hybridized carbons (Fsp3) is 0.150. The zero-order valence-electron chi connectivity index (χ0n) is 14.7. The molecule has 0 spiro atoms. The molecular weight excluding hydrogens is 362 g/mol. The van der Waals surface area contributed by atoms with Crippen LogP contribution in [0.1, 0.15) is 6.42 Å². The van der Waals surface area contributed by atoms with Gasteiger partial charge in [0.25, 0.3) is 0 Å². The van der Waals surface area contributed by atoms with Gasteiger partial charge in [0.15, 0.2) is 0 Å². The van der Waals surface area contributed by atoms with E-state index in [1.807, 2.05) is 48.6 Å². The van der Waals surface area contributed by atoms with Crippen LogP contribution in [0.5, 0.6) is 0 Å². The molecule has 1 amide bonds. The predicted octanol–water partition coefficient (Wildman–Crippen LogP) is 2.26. The van der Waals surface area contributed by atoms with Gasteiger partial charge in [-0.3, -0.25) is 4.79 Å². The van der Waals surface area contributed by atoms with Gasteiger partial charge in [-0.05, 0) is 35.1 Å². The summed E-state index contributed by atoms with van der Waals surface area (Å²) in [5.41, 5.74) is 5.32. The Bertz CT molecular complexity index is 1010. The second-order valence-electron chi connectivity index (χ2n) is 6.26. The molecular formula is C20H21N3O3S. The molecule has 3 rings (SSSR count). The lowest BCUT2D eigenvalue weighted by Crippen LogP contribution is -2.43. The lowest BCUT2D eigenvalue weighted by molar-refractivity contribution is -0.118. The van der Waals surface area contributed by atoms with Gasteiger partial charge < -0.3 is 10.6 Å². The topological polar surface area (TPSA) is 92.5 Å². The summed E-state index contributed by atoms with van der Waals surface area (Å²) in [4.78, 5) is 13.4. The molecule has 0 aliphatic carbocycles. The van der Waals surface area contributed by atoms with Crippen molar-refractivity contribution in [2.75, 3.05) is 6.54 Å². The maximum absolute atomic E-state index is 12.8. The Morgan fingerprint density at radius 3 is 2.33 bits per heavy atom. The highest BCUT2D eigenvalue weighted by Gasteiger charge is 2.23. The highest BCUT2D eigenvalue weighted by Crippen LogP contribution is 2.19. The largest absolute Gasteiger partial charge is 0.370 e. The molecule has 140 valence electrons. The van der Waals surface area contributed by atoms with Gasteiger partial charge in [0.1, 0.15) is 0 Å². The summed E-state index contributed by atoms with van der Waals surface area (Å²) < 4.78 is 28.3. The molecule has 0 fully saturated rings. The van der Waals surface area contributed by atoms with Crippen molar-refractivity contribution < 1.29 is 13.2 Å². The summed E-state index contributed by atoms with van der Waals surface area (Å²) >= 11 is 0. The maximum atomic E-state index is 12.8. The fourth-order valence-electron chi connectivity index (χ4n) is 2.88. The Balaban J connectivity index is 1.82. The van der Waals surface area contributed by atoms with Crippen LogP contribution in [0.4, 0.5) is 0 Å². The first-order valence-electron chi connectivity index (χ1n) is 8.51. The number of rotatable bonds is 7. The third kappa shape index (κ3) is 5.06. The molecule has 2 aromatic carbocycles. The van der Waals surface area contributed by atoms with Gasteiger partial charge in [0.2, 0.25) is 15.9 Å². The number of hydrogen-bond acceptors (Lipinski definition) is 4. The van der Waals surface area contributed by atoms with Crippen molar-refractivity contribution in [3.63, 3.8) is 0 Å². The van der Waals surface area contributed by atoms with Crippen LogP contribution in [0.15, 0.2) is 84.1 Å². The number of carbonyl (C=O) groups excluding carboxylic acids is 1. The highest BCUT2D eigenvalue weighted by molar-refractivity contribution is 7.89. The van der Waals surface area contributed by atoms with Crippen molar-refractivity contribution in [1.82, 2.24) is 9.62 Å². The molecule has 1 aliphatic heterocycles. The molecule has 0 saturated heterocycles. The average molecular weight is 383 g/mol. The van der Waals surface area contributed by atoms with Crippen LogP contribution in [-0.2, 0) is 14.8 Å². The van der Waals surface area contributed by atoms with Crippen molar-refractivity contribution >= 4 is 26.7 Å². The third-order valence-electron chi connectivity index (χ3n) is 4.12. The van der Waals surface area contributed by atoms with Gasteiger partial charge in [0.05, 0.1) is 4.90 Å². The lowest BCUT2D eigenvalue weighted by Gasteiger charge is -2.23. The number of sulfonamides is 1. The van der Waals surface area contributed by atoms with Crippen LogP contribution in [0.25, 0.3) is 10.8 Å². The minimum absolute atomic E-state index is 0.0988. The molecule has 0 radical (unpaired) electrons. The monoisotopic (exact) mass is 383 g/mol. The number of primary amides is 1. The Hall–Kier alpha value is -2.90. The molecule has 0 bridgehead atoms. The molecule has 7 heteroatoms. The smallest absolute Gasteiger partial charge is 0.240 e. The summed E-state index contributed by atoms with van der Waals surface area (Å²) in [5.74, 6) is -0.567. The number of hydrogen-bond donors (Lipinski definition) is 2. The van der Waals surface area contributed by atoms with Crippen molar-refractivity contribution in [3.8, 4) is 0 Å². The Morgan fingerprint density at radius 2 is 1.67 bits per heavy atom. The fourth-order valence-corrected chi connectivity index (χ4v) is 4.15. The lowest BCUT2D eigenvalue weighted by atomic mass is 10.1. The van der Waals surface area contributed by atoms with E-state index in [4.69, 9.17) is 5.73 Å². The molecule has 1 atom stereocenters. The first kappa shape index (κ1) is 18.9. The number of nitrogens with two attached hydrogens (primary N) is 1. The third-order valence-corrected chi connectivity index (χ3v) is 5.64. The summed E-state index contributed by atoms with van der Waals surface area (Å²) in [6.07, 6.45) is 10.9. The number of amides is 1. The number of allylic oxidation sites excluding steroid dienone is 4. The number of fused-ring (bicyclic) bond motifs is 1. The number of nitrogens with zero attached hydrogens (tertiary/aromatic N) is 1. The molecule has 2 aromatic rings. The minimum atomic E-state index is -3.80. The van der Waals surface area contributed by atoms with Crippen LogP contribution in [0.3, 0.4) is 0 Å². The highest BCUT2D eigenvalue weighted by atomic mass is 32.2. The van der Waals surface area contributed by atoms with Gasteiger partial charge >= 0.3 is 0 Å². The SMILES string of the molecule is NC(=O)CC(CN1C=CC=CC=C1)NS(=O)(=O)c1ccc2ccccc2c1. The zero-order chi connectivity index (χ0) is 19.3. The second kappa shape index (κ2) is 8.20. The first-order valence-corrected chi connectivity index (χ1v) is 9.99. The molecule has 1 heterocycles. The quantitative estimate of drug-likeness (QED) is 0.767. The molecule has 3 N–H and O–H groups in total. The molecule has 1 unspecified atom stereocenters. The van der Waals surface area contributed by atoms with Crippen LogP contribution >= 0.6 is 0 Å². The standard InChI is InChI=1S/C20H21N3O3S/c21-20(24)14-18(15-23-11-5-1-2-6-12-23)22-27(25,26)19-10-9-16-7-3-4-8-17(16)13-19/h1-13,18,22H,14-15H2,(H2,21,24). The van der Waals surface area contributed by atoms with Crippen molar-refractivity contribution in [1.29, 1.82) is 0 Å². The zero-order valence-corrected chi connectivity index (χ0v) is 15.5. The van der Waals surface area contributed by atoms with Crippen LogP contribution in [0, 0.1) is 0 Å². The normalized spacial score (nSPS) is 15.0. The van der Waals surface area contributed by atoms with Crippen LogP contribution in [0.2, 0.25) is 0 Å². The van der Waals surface area contributed by atoms with E-state index in [-0.39, 0.29) is 17.9 Å². The number of benzene rings is 2. The van der Waals surface area contributed by atoms with Crippen molar-refractivity contribution in [3.05, 3.63) is 79.2 Å². The number of carbonyl (C=O) groups is 1. The Labute approximate surface area is 158 Å². The molecule has 0 aromatic heterocycles. The summed E-state index contributed by atoms with van der Waals surface area (Å²) in [7, 11) is -3.80. The Kier molecular flexibility index (Phi) is 5.73. The van der Waals surface area contributed by atoms with E-state index in [0.717, 1.165) is 10.8 Å². The average Bonchev–Trinajstić information content (AvgIpc) is 2.89. The summed E-state index contributed by atoms with van der Waals surface area (Å²) in [5, 5.41) is 1.79. The van der Waals surface area contributed by atoms with E-state index in [2.05, 4.69) is 4.72 Å². The van der Waals surface area contributed by atoms with E-state index >= 15 is 0 Å². The number of nitrogens with one attached hydrogen (secondary N) is 1. The van der Waals surface area contributed by atoms with Crippen molar-refractivity contribution in [2.45, 2.75) is 17.4 Å². The van der Waals surface area contributed by atoms with Gasteiger partial charge in [0, 0.05) is 31.4 Å². The molecule has 27 heavy (non-hydrogen) atoms. The summed E-state index contributed by atoms with van der Waals surface area (Å²) in [6.45, 7) is 0.282. The van der Waals surface area contributed by atoms with Gasteiger partial charge in [-0.2, -0.15) is 0 Å². The van der Waals surface area contributed by atoms with Crippen LogP contribution in [-0.4, -0.2) is 31.8 Å². The van der Waals surface area contributed by atoms with E-state index in [1.54, 1.807) is 35.5 Å². The van der Waals surface area contributed by atoms with E-state index in [0.29, 0.717) is 0 Å². The van der Waals surface area contributed by atoms with Crippen molar-refractivity contribution in [2.24, 2.45) is 5.73 Å². The second-order valence-corrected chi connectivity index (χ2v) is 7.98. The summed E-state index contributed by atoms with van der Waals surface area (Å²) in [6, 6.07) is 11.8. The van der Waals surface area contributed by atoms with Gasteiger partial charge in [-0.15, -0.1) is 0 Å².